The molecule has 1 aromatic rings. The van der Waals surface area contributed by atoms with Gasteiger partial charge in [-0.1, -0.05) is 11.6 Å². The maximum Gasteiger partial charge on any atom is 0.413 e. The Morgan fingerprint density at radius 1 is 1.43 bits per heavy atom. The van der Waals surface area contributed by atoms with E-state index in [0.29, 0.717) is 11.7 Å². The van der Waals surface area contributed by atoms with E-state index in [0.717, 1.165) is 12.8 Å². The zero-order valence-corrected chi connectivity index (χ0v) is 14.3. The Hall–Kier alpha value is -2.02. The van der Waals surface area contributed by atoms with Crippen LogP contribution in [0.15, 0.2) is 12.1 Å². The average Bonchev–Trinajstić information content (AvgIpc) is 3.21. The quantitative estimate of drug-likeness (QED) is 0.666. The highest BCUT2D eigenvalue weighted by atomic mass is 35.5. The van der Waals surface area contributed by atoms with Gasteiger partial charge in [0.05, 0.1) is 15.6 Å². The van der Waals surface area contributed by atoms with Crippen LogP contribution in [-0.4, -0.2) is 29.6 Å². The molecular weight excluding hydrogens is 322 g/mol. The van der Waals surface area contributed by atoms with Crippen LogP contribution >= 0.6 is 11.6 Å². The Kier molecular flexibility index (Phi) is 4.70. The Labute approximate surface area is 139 Å². The second-order valence-corrected chi connectivity index (χ2v) is 7.04. The van der Waals surface area contributed by atoms with E-state index in [1.165, 1.54) is 12.1 Å². The van der Waals surface area contributed by atoms with Gasteiger partial charge in [-0.05, 0) is 33.6 Å². The number of anilines is 1. The molecule has 0 spiro atoms. The molecular formula is C15H20ClN3O4. The molecule has 126 valence electrons. The first kappa shape index (κ1) is 17.3. The number of carbonyl (C=O) groups is 1. The number of benzene rings is 1. The molecule has 1 fully saturated rings. The van der Waals surface area contributed by atoms with E-state index in [1.807, 2.05) is 11.9 Å². The number of nitrogens with one attached hydrogen (secondary N) is 1. The number of halogens is 1. The van der Waals surface area contributed by atoms with Crippen molar-refractivity contribution in [2.75, 3.05) is 11.9 Å². The van der Waals surface area contributed by atoms with Gasteiger partial charge in [-0.15, -0.1) is 0 Å². The highest BCUT2D eigenvalue weighted by Gasteiger charge is 2.30. The van der Waals surface area contributed by atoms with Crippen LogP contribution in [0.1, 0.15) is 33.6 Å². The minimum Gasteiger partial charge on any atom is -0.403 e. The Morgan fingerprint density at radius 2 is 2.04 bits per heavy atom. The van der Waals surface area contributed by atoms with Crippen LogP contribution in [0.25, 0.3) is 0 Å². The van der Waals surface area contributed by atoms with E-state index >= 15 is 0 Å². The summed E-state index contributed by atoms with van der Waals surface area (Å²) in [6, 6.07) is 3.03. The minimum absolute atomic E-state index is 0.122. The Bertz CT molecular complexity index is 638. The maximum absolute atomic E-state index is 11.9. The lowest BCUT2D eigenvalue weighted by atomic mass is 10.1. The van der Waals surface area contributed by atoms with Gasteiger partial charge in [-0.25, -0.2) is 4.79 Å². The van der Waals surface area contributed by atoms with Crippen molar-refractivity contribution in [3.63, 3.8) is 0 Å². The summed E-state index contributed by atoms with van der Waals surface area (Å²) in [5.74, 6) is -0.122. The predicted octanol–water partition coefficient (Wildman–Crippen LogP) is 3.73. The molecule has 1 aliphatic rings. The molecule has 1 N–H and O–H groups in total. The van der Waals surface area contributed by atoms with Crippen molar-refractivity contribution in [3.8, 4) is 5.75 Å². The molecule has 1 aromatic carbocycles. The van der Waals surface area contributed by atoms with Gasteiger partial charge in [0.1, 0.15) is 0 Å². The zero-order valence-electron chi connectivity index (χ0n) is 13.6. The van der Waals surface area contributed by atoms with Crippen molar-refractivity contribution >= 4 is 29.1 Å². The SMILES string of the molecule is CN(c1cc(OC(=O)NC(C)(C)C)c([N+](=O)[O-])cc1Cl)C1CC1. The summed E-state index contributed by atoms with van der Waals surface area (Å²) in [5.41, 5.74) is -0.239. The van der Waals surface area contributed by atoms with Gasteiger partial charge in [0, 0.05) is 30.8 Å². The third kappa shape index (κ3) is 4.48. The Morgan fingerprint density at radius 3 is 2.52 bits per heavy atom. The van der Waals surface area contributed by atoms with Crippen molar-refractivity contribution in [2.24, 2.45) is 0 Å². The van der Waals surface area contributed by atoms with E-state index in [-0.39, 0.29) is 16.5 Å². The van der Waals surface area contributed by atoms with Crippen molar-refractivity contribution < 1.29 is 14.5 Å². The number of nitrogens with zero attached hydrogens (tertiary/aromatic N) is 2. The smallest absolute Gasteiger partial charge is 0.403 e. The number of rotatable bonds is 4. The van der Waals surface area contributed by atoms with Gasteiger partial charge in [0.15, 0.2) is 0 Å². The molecule has 0 unspecified atom stereocenters. The summed E-state index contributed by atoms with van der Waals surface area (Å²) >= 11 is 6.15. The molecule has 7 nitrogen and oxygen atoms in total. The standard InChI is InChI=1S/C15H20ClN3O4/c1-15(2,3)17-14(20)23-13-8-11(18(4)9-5-6-9)10(16)7-12(13)19(21)22/h7-9H,5-6H2,1-4H3,(H,17,20). The monoisotopic (exact) mass is 341 g/mol. The summed E-state index contributed by atoms with van der Waals surface area (Å²) < 4.78 is 5.15. The number of ether oxygens (including phenoxy) is 1. The van der Waals surface area contributed by atoms with Gasteiger partial charge in [-0.3, -0.25) is 10.1 Å². The largest absolute Gasteiger partial charge is 0.413 e. The van der Waals surface area contributed by atoms with Crippen LogP contribution in [-0.2, 0) is 0 Å². The van der Waals surface area contributed by atoms with Gasteiger partial charge in [0.2, 0.25) is 5.75 Å². The van der Waals surface area contributed by atoms with Crippen molar-refractivity contribution in [3.05, 3.63) is 27.3 Å². The fourth-order valence-corrected chi connectivity index (χ4v) is 2.41. The van der Waals surface area contributed by atoms with Crippen LogP contribution in [0.2, 0.25) is 5.02 Å². The molecule has 0 radical (unpaired) electrons. The van der Waals surface area contributed by atoms with Crippen LogP contribution in [0.3, 0.4) is 0 Å². The van der Waals surface area contributed by atoms with E-state index in [2.05, 4.69) is 5.32 Å². The summed E-state index contributed by atoms with van der Waals surface area (Å²) in [6.07, 6.45) is 1.35. The summed E-state index contributed by atoms with van der Waals surface area (Å²) in [5, 5.41) is 14.1. The number of amides is 1. The lowest BCUT2D eigenvalue weighted by molar-refractivity contribution is -0.385. The molecule has 0 aliphatic heterocycles. The molecule has 0 heterocycles. The van der Waals surface area contributed by atoms with E-state index in [1.54, 1.807) is 20.8 Å². The van der Waals surface area contributed by atoms with Crippen molar-refractivity contribution in [1.29, 1.82) is 0 Å². The van der Waals surface area contributed by atoms with E-state index in [4.69, 9.17) is 16.3 Å². The molecule has 23 heavy (non-hydrogen) atoms. The lowest BCUT2D eigenvalue weighted by Gasteiger charge is -2.22. The minimum atomic E-state index is -0.747. The average molecular weight is 342 g/mol. The molecule has 1 amide bonds. The van der Waals surface area contributed by atoms with Gasteiger partial charge >= 0.3 is 11.8 Å². The van der Waals surface area contributed by atoms with Gasteiger partial charge in [-0.2, -0.15) is 0 Å². The van der Waals surface area contributed by atoms with Crippen LogP contribution in [0.4, 0.5) is 16.2 Å². The first-order chi connectivity index (χ1) is 10.6. The predicted molar refractivity (Wildman–Crippen MR) is 88.4 cm³/mol. The molecule has 8 heteroatoms. The number of hydrogen-bond acceptors (Lipinski definition) is 5. The molecule has 0 aromatic heterocycles. The second-order valence-electron chi connectivity index (χ2n) is 6.64. The third-order valence-electron chi connectivity index (χ3n) is 3.38. The summed E-state index contributed by atoms with van der Waals surface area (Å²) in [4.78, 5) is 24.4. The molecule has 1 saturated carbocycles. The fourth-order valence-electron chi connectivity index (χ4n) is 2.12. The first-order valence-corrected chi connectivity index (χ1v) is 7.67. The van der Waals surface area contributed by atoms with Crippen molar-refractivity contribution in [1.82, 2.24) is 5.32 Å². The number of nitro groups is 1. The second kappa shape index (κ2) is 6.23. The third-order valence-corrected chi connectivity index (χ3v) is 3.68. The number of hydrogen-bond donors (Lipinski definition) is 1. The molecule has 2 rings (SSSR count). The summed E-state index contributed by atoms with van der Waals surface area (Å²) in [7, 11) is 1.86. The summed E-state index contributed by atoms with van der Waals surface area (Å²) in [6.45, 7) is 5.37. The van der Waals surface area contributed by atoms with Crippen LogP contribution in [0, 0.1) is 10.1 Å². The maximum atomic E-state index is 11.9. The highest BCUT2D eigenvalue weighted by Crippen LogP contribution is 2.41. The van der Waals surface area contributed by atoms with Gasteiger partial charge in [0.25, 0.3) is 0 Å². The molecule has 0 saturated heterocycles. The van der Waals surface area contributed by atoms with Gasteiger partial charge < -0.3 is 15.0 Å². The lowest BCUT2D eigenvalue weighted by Crippen LogP contribution is -2.42. The first-order valence-electron chi connectivity index (χ1n) is 7.29. The fraction of sp³-hybridized carbons (Fsp3) is 0.533. The van der Waals surface area contributed by atoms with Crippen molar-refractivity contribution in [2.45, 2.75) is 45.2 Å². The normalized spacial score (nSPS) is 14.3. The molecule has 0 bridgehead atoms. The van der Waals surface area contributed by atoms with E-state index < -0.39 is 16.6 Å². The zero-order chi connectivity index (χ0) is 17.4. The topological polar surface area (TPSA) is 84.7 Å². The van der Waals surface area contributed by atoms with Crippen LogP contribution < -0.4 is 15.0 Å². The van der Waals surface area contributed by atoms with Crippen LogP contribution in [0.5, 0.6) is 5.75 Å². The molecule has 0 atom stereocenters. The number of nitro benzene ring substituents is 1. The highest BCUT2D eigenvalue weighted by molar-refractivity contribution is 6.33. The van der Waals surface area contributed by atoms with E-state index in [9.17, 15) is 14.9 Å². The Balaban J connectivity index is 2.33. The number of carbonyl (C=O) groups excluding carboxylic acids is 1. The molecule has 1 aliphatic carbocycles.